The highest BCUT2D eigenvalue weighted by molar-refractivity contribution is 8.01. The van der Waals surface area contributed by atoms with Crippen LogP contribution in [0, 0.1) is 5.92 Å². The minimum Gasteiger partial charge on any atom is -0.110 e. The quantitative estimate of drug-likeness (QED) is 0.542. The number of benzene rings is 1. The Balaban J connectivity index is 2.59. The van der Waals surface area contributed by atoms with Crippen molar-refractivity contribution < 1.29 is 0 Å². The highest BCUT2D eigenvalue weighted by Crippen LogP contribution is 2.31. The van der Waals surface area contributed by atoms with Gasteiger partial charge in [-0.3, -0.25) is 0 Å². The standard InChI is InChI=1S/C10H12Cl2S/c1-7(2)10(12)13-9-5-3-8(11)4-6-9/h3-7,10H,1-2H3. The fourth-order valence-corrected chi connectivity index (χ4v) is 2.04. The first-order valence-electron chi connectivity index (χ1n) is 4.16. The normalized spacial score (nSPS) is 13.3. The molecule has 1 rings (SSSR count). The summed E-state index contributed by atoms with van der Waals surface area (Å²) in [5.74, 6) is 0.474. The van der Waals surface area contributed by atoms with Gasteiger partial charge >= 0.3 is 0 Å². The van der Waals surface area contributed by atoms with Crippen LogP contribution < -0.4 is 0 Å². The molecule has 0 aliphatic carbocycles. The molecule has 13 heavy (non-hydrogen) atoms. The minimum atomic E-state index is 0.126. The molecule has 72 valence electrons. The minimum absolute atomic E-state index is 0.126. The maximum absolute atomic E-state index is 6.12. The summed E-state index contributed by atoms with van der Waals surface area (Å²) in [7, 11) is 0. The average molecular weight is 235 g/mol. The van der Waals surface area contributed by atoms with E-state index in [0.29, 0.717) is 5.92 Å². The summed E-state index contributed by atoms with van der Waals surface area (Å²) < 4.78 is 0.126. The topological polar surface area (TPSA) is 0 Å². The van der Waals surface area contributed by atoms with E-state index in [1.807, 2.05) is 24.3 Å². The molecule has 0 spiro atoms. The molecule has 1 unspecified atom stereocenters. The fraction of sp³-hybridized carbons (Fsp3) is 0.400. The molecular formula is C10H12Cl2S. The van der Waals surface area contributed by atoms with Gasteiger partial charge in [0.1, 0.15) is 0 Å². The van der Waals surface area contributed by atoms with Crippen molar-refractivity contribution in [1.82, 2.24) is 0 Å². The molecule has 0 heterocycles. The van der Waals surface area contributed by atoms with Crippen LogP contribution in [-0.2, 0) is 0 Å². The molecule has 0 N–H and O–H groups in total. The fourth-order valence-electron chi connectivity index (χ4n) is 0.779. The van der Waals surface area contributed by atoms with Crippen molar-refractivity contribution in [1.29, 1.82) is 0 Å². The van der Waals surface area contributed by atoms with Crippen molar-refractivity contribution in [2.24, 2.45) is 5.92 Å². The molecule has 1 atom stereocenters. The third-order valence-electron chi connectivity index (χ3n) is 1.59. The summed E-state index contributed by atoms with van der Waals surface area (Å²) in [6, 6.07) is 7.75. The first-order valence-corrected chi connectivity index (χ1v) is 5.85. The van der Waals surface area contributed by atoms with Gasteiger partial charge in [0.2, 0.25) is 0 Å². The molecule has 0 saturated carbocycles. The van der Waals surface area contributed by atoms with Crippen LogP contribution in [0.3, 0.4) is 0 Å². The zero-order valence-corrected chi connectivity index (χ0v) is 9.96. The Labute approximate surface area is 93.6 Å². The number of alkyl halides is 1. The molecule has 0 amide bonds. The van der Waals surface area contributed by atoms with Gasteiger partial charge < -0.3 is 0 Å². The number of thioether (sulfide) groups is 1. The van der Waals surface area contributed by atoms with Crippen LogP contribution in [0.25, 0.3) is 0 Å². The highest BCUT2D eigenvalue weighted by atomic mass is 35.5. The molecule has 1 aromatic rings. The Hall–Kier alpha value is 0.150. The van der Waals surface area contributed by atoms with Crippen LogP contribution in [0.2, 0.25) is 5.02 Å². The van der Waals surface area contributed by atoms with E-state index >= 15 is 0 Å². The zero-order valence-electron chi connectivity index (χ0n) is 7.63. The van der Waals surface area contributed by atoms with Gasteiger partial charge in [-0.2, -0.15) is 0 Å². The van der Waals surface area contributed by atoms with E-state index in [1.165, 1.54) is 0 Å². The molecule has 0 saturated heterocycles. The summed E-state index contributed by atoms with van der Waals surface area (Å²) in [5.41, 5.74) is 0. The van der Waals surface area contributed by atoms with Gasteiger partial charge in [0.15, 0.2) is 0 Å². The molecule has 0 fully saturated rings. The molecular weight excluding hydrogens is 223 g/mol. The summed E-state index contributed by atoms with van der Waals surface area (Å²) in [4.78, 5) is 1.16. The van der Waals surface area contributed by atoms with Gasteiger partial charge in [-0.1, -0.05) is 25.4 Å². The third-order valence-corrected chi connectivity index (χ3v) is 3.92. The van der Waals surface area contributed by atoms with Crippen LogP contribution in [0.1, 0.15) is 13.8 Å². The smallest absolute Gasteiger partial charge is 0.0858 e. The maximum Gasteiger partial charge on any atom is 0.0858 e. The summed E-state index contributed by atoms with van der Waals surface area (Å²) in [5, 5.41) is 0.764. The molecule has 3 heteroatoms. The first kappa shape index (κ1) is 11.2. The van der Waals surface area contributed by atoms with Crippen molar-refractivity contribution >= 4 is 35.0 Å². The van der Waals surface area contributed by atoms with Crippen molar-refractivity contribution in [3.8, 4) is 0 Å². The Morgan fingerprint density at radius 2 is 1.69 bits per heavy atom. The Kier molecular flexibility index (Phi) is 4.43. The average Bonchev–Trinajstić information content (AvgIpc) is 2.08. The number of hydrogen-bond donors (Lipinski definition) is 0. The van der Waals surface area contributed by atoms with Crippen LogP contribution in [0.4, 0.5) is 0 Å². The Morgan fingerprint density at radius 3 is 2.15 bits per heavy atom. The van der Waals surface area contributed by atoms with Gasteiger partial charge in [0.25, 0.3) is 0 Å². The van der Waals surface area contributed by atoms with E-state index in [0.717, 1.165) is 9.92 Å². The van der Waals surface area contributed by atoms with Crippen molar-refractivity contribution in [2.45, 2.75) is 23.5 Å². The second kappa shape index (κ2) is 5.14. The van der Waals surface area contributed by atoms with Crippen LogP contribution in [-0.4, -0.2) is 4.71 Å². The lowest BCUT2D eigenvalue weighted by Crippen LogP contribution is -2.01. The van der Waals surface area contributed by atoms with Gasteiger partial charge in [0.05, 0.1) is 4.71 Å². The predicted octanol–water partition coefficient (Wildman–Crippen LogP) is 4.65. The molecule has 1 aromatic carbocycles. The van der Waals surface area contributed by atoms with Crippen LogP contribution in [0.5, 0.6) is 0 Å². The van der Waals surface area contributed by atoms with E-state index in [9.17, 15) is 0 Å². The first-order chi connectivity index (χ1) is 6.09. The second-order valence-electron chi connectivity index (χ2n) is 3.17. The van der Waals surface area contributed by atoms with Gasteiger partial charge in [0, 0.05) is 9.92 Å². The van der Waals surface area contributed by atoms with E-state index in [-0.39, 0.29) is 4.71 Å². The van der Waals surface area contributed by atoms with E-state index in [1.54, 1.807) is 11.8 Å². The van der Waals surface area contributed by atoms with Crippen LogP contribution >= 0.6 is 35.0 Å². The number of hydrogen-bond acceptors (Lipinski definition) is 1. The molecule has 0 aliphatic heterocycles. The Morgan fingerprint density at radius 1 is 1.15 bits per heavy atom. The molecule has 0 aromatic heterocycles. The van der Waals surface area contributed by atoms with Gasteiger partial charge in [-0.25, -0.2) is 0 Å². The molecule has 0 nitrogen and oxygen atoms in total. The zero-order chi connectivity index (χ0) is 9.84. The van der Waals surface area contributed by atoms with E-state index in [4.69, 9.17) is 23.2 Å². The lowest BCUT2D eigenvalue weighted by Gasteiger charge is -2.12. The summed E-state index contributed by atoms with van der Waals surface area (Å²) in [6.07, 6.45) is 0. The maximum atomic E-state index is 6.12. The molecule has 0 radical (unpaired) electrons. The number of rotatable bonds is 3. The van der Waals surface area contributed by atoms with Gasteiger partial charge in [-0.05, 0) is 30.2 Å². The second-order valence-corrected chi connectivity index (χ2v) is 5.55. The largest absolute Gasteiger partial charge is 0.110 e. The Bertz CT molecular complexity index is 256. The van der Waals surface area contributed by atoms with E-state index < -0.39 is 0 Å². The SMILES string of the molecule is CC(C)C(Cl)Sc1ccc(Cl)cc1. The van der Waals surface area contributed by atoms with Crippen LogP contribution in [0.15, 0.2) is 29.2 Å². The van der Waals surface area contributed by atoms with Crippen molar-refractivity contribution in [2.75, 3.05) is 0 Å². The van der Waals surface area contributed by atoms with Crippen molar-refractivity contribution in [3.05, 3.63) is 29.3 Å². The summed E-state index contributed by atoms with van der Waals surface area (Å²) in [6.45, 7) is 4.22. The molecule has 0 bridgehead atoms. The predicted molar refractivity (Wildman–Crippen MR) is 61.8 cm³/mol. The highest BCUT2D eigenvalue weighted by Gasteiger charge is 2.10. The molecule has 0 aliphatic rings. The lowest BCUT2D eigenvalue weighted by atomic mass is 10.3. The lowest BCUT2D eigenvalue weighted by molar-refractivity contribution is 0.714. The van der Waals surface area contributed by atoms with E-state index in [2.05, 4.69) is 13.8 Å². The number of halogens is 2. The van der Waals surface area contributed by atoms with Crippen molar-refractivity contribution in [3.63, 3.8) is 0 Å². The monoisotopic (exact) mass is 234 g/mol. The van der Waals surface area contributed by atoms with Gasteiger partial charge in [-0.15, -0.1) is 23.4 Å². The summed E-state index contributed by atoms with van der Waals surface area (Å²) >= 11 is 13.6. The third kappa shape index (κ3) is 3.80.